The third kappa shape index (κ3) is 61.8. The molecule has 0 bridgehead atoms. The Labute approximate surface area is 466 Å². The predicted molar refractivity (Wildman–Crippen MR) is 325 cm³/mol. The Hall–Kier alpha value is -2.89. The smallest absolute Gasteiger partial charge is 0.306 e. The lowest BCUT2D eigenvalue weighted by atomic mass is 10.0. The van der Waals surface area contributed by atoms with Gasteiger partial charge < -0.3 is 14.2 Å². The van der Waals surface area contributed by atoms with Gasteiger partial charge in [0.05, 0.1) is 0 Å². The molecule has 0 N–H and O–H groups in total. The molecule has 0 amide bonds. The van der Waals surface area contributed by atoms with Crippen LogP contribution in [0.4, 0.5) is 0 Å². The number of allylic oxidation sites excluding steroid dienone is 10. The van der Waals surface area contributed by atoms with Gasteiger partial charge in [-0.1, -0.05) is 293 Å². The molecular weight excluding hydrogens is 925 g/mol. The molecule has 0 radical (unpaired) electrons. The van der Waals surface area contributed by atoms with Crippen LogP contribution in [-0.2, 0) is 28.6 Å². The van der Waals surface area contributed by atoms with Crippen LogP contribution in [0.5, 0.6) is 0 Å². The summed E-state index contributed by atoms with van der Waals surface area (Å²) in [6.45, 7) is 6.57. The van der Waals surface area contributed by atoms with Crippen molar-refractivity contribution in [2.45, 2.75) is 348 Å². The second kappa shape index (κ2) is 63.6. The van der Waals surface area contributed by atoms with Gasteiger partial charge in [0.25, 0.3) is 0 Å². The van der Waals surface area contributed by atoms with Gasteiger partial charge in [0.2, 0.25) is 0 Å². The molecule has 0 heterocycles. The van der Waals surface area contributed by atoms with Crippen molar-refractivity contribution in [3.8, 4) is 0 Å². The lowest BCUT2D eigenvalue weighted by molar-refractivity contribution is -0.167. The van der Waals surface area contributed by atoms with Crippen molar-refractivity contribution in [2.24, 2.45) is 0 Å². The van der Waals surface area contributed by atoms with Crippen molar-refractivity contribution in [2.75, 3.05) is 13.2 Å². The molecule has 6 nitrogen and oxygen atoms in total. The molecular formula is C69H124O6. The quantitative estimate of drug-likeness (QED) is 0.0261. The van der Waals surface area contributed by atoms with E-state index in [0.717, 1.165) is 83.5 Å². The van der Waals surface area contributed by atoms with Gasteiger partial charge in [-0.25, -0.2) is 0 Å². The predicted octanol–water partition coefficient (Wildman–Crippen LogP) is 22.3. The van der Waals surface area contributed by atoms with Gasteiger partial charge in [-0.05, 0) is 89.9 Å². The summed E-state index contributed by atoms with van der Waals surface area (Å²) in [4.78, 5) is 37.9. The number of carbonyl (C=O) groups excluding carboxylic acids is 3. The molecule has 436 valence electrons. The first-order valence-corrected chi connectivity index (χ1v) is 32.8. The molecule has 0 rings (SSSR count). The van der Waals surface area contributed by atoms with E-state index in [4.69, 9.17) is 14.2 Å². The lowest BCUT2D eigenvalue weighted by Gasteiger charge is -2.18. The lowest BCUT2D eigenvalue weighted by Crippen LogP contribution is -2.30. The Morgan fingerprint density at radius 2 is 0.480 bits per heavy atom. The van der Waals surface area contributed by atoms with E-state index in [9.17, 15) is 14.4 Å². The number of hydrogen-bond donors (Lipinski definition) is 0. The summed E-state index contributed by atoms with van der Waals surface area (Å²) in [5.74, 6) is -0.874. The highest BCUT2D eigenvalue weighted by Gasteiger charge is 2.19. The van der Waals surface area contributed by atoms with Gasteiger partial charge >= 0.3 is 17.9 Å². The average Bonchev–Trinajstić information content (AvgIpc) is 3.41. The van der Waals surface area contributed by atoms with Crippen molar-refractivity contribution >= 4 is 17.9 Å². The minimum absolute atomic E-state index is 0.0731. The number of ether oxygens (including phenoxy) is 3. The SMILES string of the molecule is CCCCCCC/C=C\C/C=C\C/C=C\CCCCCCCCCCCCCCC(=O)OCC(COC(=O)CCCCCCC)OC(=O)CCCCCCCCCCCCCCC/C=C\C/C=C\CCCCCCC. The molecule has 1 atom stereocenters. The highest BCUT2D eigenvalue weighted by molar-refractivity contribution is 5.71. The van der Waals surface area contributed by atoms with Crippen LogP contribution in [0, 0.1) is 0 Å². The van der Waals surface area contributed by atoms with Crippen LogP contribution in [-0.4, -0.2) is 37.2 Å². The van der Waals surface area contributed by atoms with E-state index in [1.807, 2.05) is 0 Å². The van der Waals surface area contributed by atoms with Crippen LogP contribution in [0.2, 0.25) is 0 Å². The van der Waals surface area contributed by atoms with E-state index in [-0.39, 0.29) is 31.1 Å². The third-order valence-corrected chi connectivity index (χ3v) is 14.5. The molecule has 0 aliphatic carbocycles. The summed E-state index contributed by atoms with van der Waals surface area (Å²) in [5, 5.41) is 0. The highest BCUT2D eigenvalue weighted by atomic mass is 16.6. The highest BCUT2D eigenvalue weighted by Crippen LogP contribution is 2.17. The van der Waals surface area contributed by atoms with Crippen molar-refractivity contribution in [3.63, 3.8) is 0 Å². The van der Waals surface area contributed by atoms with E-state index in [2.05, 4.69) is 81.5 Å². The number of hydrogen-bond acceptors (Lipinski definition) is 6. The fraction of sp³-hybridized carbons (Fsp3) is 0.812. The first-order chi connectivity index (χ1) is 37.0. The van der Waals surface area contributed by atoms with Crippen LogP contribution in [0.25, 0.3) is 0 Å². The zero-order valence-electron chi connectivity index (χ0n) is 50.1. The summed E-state index contributed by atoms with van der Waals surface area (Å²) in [6, 6.07) is 0. The second-order valence-electron chi connectivity index (χ2n) is 22.0. The largest absolute Gasteiger partial charge is 0.462 e. The maximum atomic E-state index is 12.8. The topological polar surface area (TPSA) is 78.9 Å². The monoisotopic (exact) mass is 1050 g/mol. The minimum atomic E-state index is -0.771. The van der Waals surface area contributed by atoms with Crippen LogP contribution < -0.4 is 0 Å². The summed E-state index contributed by atoms with van der Waals surface area (Å²) in [7, 11) is 0. The van der Waals surface area contributed by atoms with Gasteiger partial charge in [-0.15, -0.1) is 0 Å². The van der Waals surface area contributed by atoms with E-state index >= 15 is 0 Å². The fourth-order valence-corrected chi connectivity index (χ4v) is 9.54. The minimum Gasteiger partial charge on any atom is -0.462 e. The van der Waals surface area contributed by atoms with Gasteiger partial charge in [0, 0.05) is 19.3 Å². The zero-order valence-corrected chi connectivity index (χ0v) is 50.1. The van der Waals surface area contributed by atoms with Crippen molar-refractivity contribution in [1.29, 1.82) is 0 Å². The Kier molecular flexibility index (Phi) is 61.2. The molecule has 0 aliphatic heterocycles. The first kappa shape index (κ1) is 72.1. The molecule has 0 aliphatic rings. The van der Waals surface area contributed by atoms with Crippen LogP contribution in [0.15, 0.2) is 60.8 Å². The molecule has 0 saturated heterocycles. The second-order valence-corrected chi connectivity index (χ2v) is 22.0. The molecule has 0 aromatic carbocycles. The zero-order chi connectivity index (χ0) is 54.3. The Morgan fingerprint density at radius 3 is 0.747 bits per heavy atom. The molecule has 1 unspecified atom stereocenters. The molecule has 0 aromatic rings. The number of carbonyl (C=O) groups is 3. The van der Waals surface area contributed by atoms with Crippen LogP contribution in [0.1, 0.15) is 342 Å². The number of unbranched alkanes of at least 4 members (excludes halogenated alkanes) is 39. The summed E-state index contributed by atoms with van der Waals surface area (Å²) >= 11 is 0. The maximum absolute atomic E-state index is 12.8. The van der Waals surface area contributed by atoms with E-state index in [0.29, 0.717) is 19.3 Å². The average molecular weight is 1050 g/mol. The number of esters is 3. The van der Waals surface area contributed by atoms with Crippen LogP contribution >= 0.6 is 0 Å². The Bertz CT molecular complexity index is 1340. The molecule has 0 aromatic heterocycles. The molecule has 75 heavy (non-hydrogen) atoms. The summed E-state index contributed by atoms with van der Waals surface area (Å²) in [6.07, 6.45) is 81.4. The van der Waals surface area contributed by atoms with E-state index in [1.165, 1.54) is 218 Å². The van der Waals surface area contributed by atoms with Crippen molar-refractivity contribution in [3.05, 3.63) is 60.8 Å². The Balaban J connectivity index is 4.01. The normalized spacial score (nSPS) is 12.4. The van der Waals surface area contributed by atoms with Crippen LogP contribution in [0.3, 0.4) is 0 Å². The van der Waals surface area contributed by atoms with Gasteiger partial charge in [-0.2, -0.15) is 0 Å². The third-order valence-electron chi connectivity index (χ3n) is 14.5. The van der Waals surface area contributed by atoms with Gasteiger partial charge in [0.1, 0.15) is 13.2 Å². The first-order valence-electron chi connectivity index (χ1n) is 32.8. The molecule has 0 saturated carbocycles. The van der Waals surface area contributed by atoms with Gasteiger partial charge in [0.15, 0.2) is 6.10 Å². The van der Waals surface area contributed by atoms with E-state index < -0.39 is 6.10 Å². The number of rotatable bonds is 60. The van der Waals surface area contributed by atoms with E-state index in [1.54, 1.807) is 0 Å². The molecule has 0 fully saturated rings. The molecule has 0 spiro atoms. The maximum Gasteiger partial charge on any atom is 0.306 e. The van der Waals surface area contributed by atoms with Crippen molar-refractivity contribution < 1.29 is 28.6 Å². The standard InChI is InChI=1S/C69H124O6/c1-4-7-10-13-15-17-19-21-23-25-27-29-31-33-34-36-37-39-41-43-45-47-49-51-53-56-59-62-68(71)74-65-66(64-73-67(70)61-58-55-12-9-6-3)75-69(72)63-60-57-54-52-50-48-46-44-42-40-38-35-32-30-28-26-24-22-20-18-16-14-11-8-5-2/h19-22,25-28,31,33,66H,4-18,23-24,29-30,32,34-65H2,1-3H3/b21-19-,22-20-,27-25-,28-26-,33-31-. The Morgan fingerprint density at radius 1 is 0.267 bits per heavy atom. The summed E-state index contributed by atoms with van der Waals surface area (Å²) in [5.41, 5.74) is 0. The molecule has 6 heteroatoms. The fourth-order valence-electron chi connectivity index (χ4n) is 9.54. The summed E-state index contributed by atoms with van der Waals surface area (Å²) < 4.78 is 16.8. The van der Waals surface area contributed by atoms with Crippen molar-refractivity contribution in [1.82, 2.24) is 0 Å². The van der Waals surface area contributed by atoms with Gasteiger partial charge in [-0.3, -0.25) is 14.4 Å².